The van der Waals surface area contributed by atoms with Crippen LogP contribution in [0.2, 0.25) is 5.02 Å². The Hall–Kier alpha value is -3.54. The van der Waals surface area contributed by atoms with Crippen molar-refractivity contribution in [2.24, 2.45) is 11.1 Å². The van der Waals surface area contributed by atoms with E-state index in [9.17, 15) is 14.4 Å². The number of halogens is 3. The number of nitrogens with two attached hydrogens (primary N) is 1. The monoisotopic (exact) mass is 657 g/mol. The van der Waals surface area contributed by atoms with Gasteiger partial charge in [0.1, 0.15) is 17.0 Å². The molecular formula is C30H30BrClFN5O4. The normalized spacial score (nSPS) is 23.0. The van der Waals surface area contributed by atoms with Crippen molar-refractivity contribution < 1.29 is 23.5 Å². The van der Waals surface area contributed by atoms with Crippen LogP contribution in [0.3, 0.4) is 0 Å². The van der Waals surface area contributed by atoms with Gasteiger partial charge in [-0.25, -0.2) is 4.39 Å². The zero-order valence-corrected chi connectivity index (χ0v) is 25.7. The van der Waals surface area contributed by atoms with E-state index in [0.29, 0.717) is 22.3 Å². The number of anilines is 2. The van der Waals surface area contributed by atoms with E-state index in [1.807, 2.05) is 20.8 Å². The fourth-order valence-electron chi connectivity index (χ4n) is 6.14. The number of benzene rings is 2. The van der Waals surface area contributed by atoms with Crippen LogP contribution in [-0.4, -0.2) is 41.9 Å². The van der Waals surface area contributed by atoms with Gasteiger partial charge in [-0.2, -0.15) is 0 Å². The molecule has 2 aliphatic heterocycles. The maximum atomic E-state index is 15.9. The lowest BCUT2D eigenvalue weighted by Crippen LogP contribution is -2.50. The number of methoxy groups -OCH3 is 1. The lowest BCUT2D eigenvalue weighted by Gasteiger charge is -2.37. The van der Waals surface area contributed by atoms with Gasteiger partial charge in [0.05, 0.1) is 35.2 Å². The molecule has 1 fully saturated rings. The van der Waals surface area contributed by atoms with E-state index in [4.69, 9.17) is 22.1 Å². The van der Waals surface area contributed by atoms with Crippen LogP contribution in [0, 0.1) is 11.2 Å². The number of carbonyl (C=O) groups excluding carboxylic acids is 3. The average molecular weight is 659 g/mol. The van der Waals surface area contributed by atoms with E-state index >= 15 is 4.39 Å². The van der Waals surface area contributed by atoms with Gasteiger partial charge in [0, 0.05) is 28.2 Å². The summed E-state index contributed by atoms with van der Waals surface area (Å²) in [5.41, 5.74) is 5.12. The first-order valence-corrected chi connectivity index (χ1v) is 14.4. The fraction of sp³-hybridized carbons (Fsp3) is 0.333. The summed E-state index contributed by atoms with van der Waals surface area (Å²) in [5, 5.41) is 9.06. The number of rotatable bonds is 6. The van der Waals surface area contributed by atoms with Crippen LogP contribution >= 0.6 is 27.5 Å². The molecule has 4 unspecified atom stereocenters. The van der Waals surface area contributed by atoms with Crippen molar-refractivity contribution in [3.8, 4) is 5.75 Å². The summed E-state index contributed by atoms with van der Waals surface area (Å²) in [4.78, 5) is 44.7. The number of primary amides is 1. The average Bonchev–Trinajstić information content (AvgIpc) is 3.39. The van der Waals surface area contributed by atoms with Gasteiger partial charge in [0.15, 0.2) is 0 Å². The molecular weight excluding hydrogens is 629 g/mol. The van der Waals surface area contributed by atoms with E-state index in [0.717, 1.165) is 0 Å². The molecule has 1 aromatic heterocycles. The summed E-state index contributed by atoms with van der Waals surface area (Å²) < 4.78 is 22.0. The predicted octanol–water partition coefficient (Wildman–Crippen LogP) is 5.13. The summed E-state index contributed by atoms with van der Waals surface area (Å²) >= 11 is 9.67. The van der Waals surface area contributed by atoms with Gasteiger partial charge in [-0.05, 0) is 63.7 Å². The molecule has 0 radical (unpaired) electrons. The molecule has 3 heterocycles. The molecule has 42 heavy (non-hydrogen) atoms. The molecule has 12 heteroatoms. The number of nitrogens with one attached hydrogen (secondary N) is 3. The van der Waals surface area contributed by atoms with E-state index in [2.05, 4.69) is 36.9 Å². The van der Waals surface area contributed by atoms with Gasteiger partial charge in [0.2, 0.25) is 17.7 Å². The minimum Gasteiger partial charge on any atom is -0.495 e. The van der Waals surface area contributed by atoms with Crippen molar-refractivity contribution in [2.45, 2.75) is 50.6 Å². The first-order chi connectivity index (χ1) is 19.8. The molecule has 0 aliphatic carbocycles. The molecule has 220 valence electrons. The lowest BCUT2D eigenvalue weighted by molar-refractivity contribution is -0.122. The Labute approximate surface area is 255 Å². The lowest BCUT2D eigenvalue weighted by atomic mass is 9.64. The van der Waals surface area contributed by atoms with Crippen LogP contribution in [0.5, 0.6) is 5.75 Å². The van der Waals surface area contributed by atoms with Crippen molar-refractivity contribution in [2.75, 3.05) is 17.7 Å². The molecule has 1 spiro atoms. The van der Waals surface area contributed by atoms with Crippen molar-refractivity contribution in [1.29, 1.82) is 0 Å². The highest BCUT2D eigenvalue weighted by Crippen LogP contribution is 2.56. The Balaban J connectivity index is 1.70. The van der Waals surface area contributed by atoms with Crippen molar-refractivity contribution >= 4 is 56.6 Å². The third-order valence-corrected chi connectivity index (χ3v) is 8.51. The number of fused-ring (bicyclic) bond motifs is 2. The molecule has 1 saturated heterocycles. The Morgan fingerprint density at radius 1 is 1.24 bits per heavy atom. The molecule has 5 N–H and O–H groups in total. The summed E-state index contributed by atoms with van der Waals surface area (Å²) in [7, 11) is 1.39. The Kier molecular flexibility index (Phi) is 7.80. The first kappa shape index (κ1) is 29.9. The zero-order chi connectivity index (χ0) is 30.6. The van der Waals surface area contributed by atoms with Crippen LogP contribution in [-0.2, 0) is 15.0 Å². The van der Waals surface area contributed by atoms with Crippen molar-refractivity contribution in [3.05, 3.63) is 80.8 Å². The second kappa shape index (κ2) is 10.9. The van der Waals surface area contributed by atoms with Gasteiger partial charge < -0.3 is 26.4 Å². The van der Waals surface area contributed by atoms with Crippen molar-refractivity contribution in [1.82, 2.24) is 10.3 Å². The highest BCUT2D eigenvalue weighted by molar-refractivity contribution is 9.10. The minimum absolute atomic E-state index is 0.107. The van der Waals surface area contributed by atoms with Gasteiger partial charge >= 0.3 is 0 Å². The predicted molar refractivity (Wildman–Crippen MR) is 161 cm³/mol. The zero-order valence-electron chi connectivity index (χ0n) is 23.3. The van der Waals surface area contributed by atoms with Gasteiger partial charge in [-0.1, -0.05) is 44.5 Å². The highest BCUT2D eigenvalue weighted by Gasteiger charge is 2.67. The number of hydrogen-bond donors (Lipinski definition) is 4. The number of hydrogen-bond acceptors (Lipinski definition) is 6. The van der Waals surface area contributed by atoms with Crippen LogP contribution < -0.4 is 26.4 Å². The molecule has 4 atom stereocenters. The number of nitrogens with zero attached hydrogens (tertiary/aromatic N) is 1. The third kappa shape index (κ3) is 5.03. The summed E-state index contributed by atoms with van der Waals surface area (Å²) in [5.74, 6) is -3.15. The van der Waals surface area contributed by atoms with Crippen molar-refractivity contribution in [3.63, 3.8) is 0 Å². The second-order valence-corrected chi connectivity index (χ2v) is 13.0. The quantitative estimate of drug-likeness (QED) is 0.290. The number of ether oxygens (including phenoxy) is 1. The van der Waals surface area contributed by atoms with Crippen LogP contribution in [0.15, 0.2) is 53.1 Å². The maximum Gasteiger partial charge on any atom is 0.248 e. The van der Waals surface area contributed by atoms with Crippen LogP contribution in [0.1, 0.15) is 54.7 Å². The van der Waals surface area contributed by atoms with Crippen LogP contribution in [0.4, 0.5) is 15.8 Å². The molecule has 0 bridgehead atoms. The molecule has 5 rings (SSSR count). The first-order valence-electron chi connectivity index (χ1n) is 13.2. The van der Waals surface area contributed by atoms with E-state index in [1.165, 1.54) is 31.4 Å². The Morgan fingerprint density at radius 2 is 1.98 bits per heavy atom. The number of amides is 3. The highest BCUT2D eigenvalue weighted by atomic mass is 79.9. The van der Waals surface area contributed by atoms with E-state index in [-0.39, 0.29) is 33.0 Å². The molecule has 2 aromatic carbocycles. The number of pyridine rings is 1. The molecule has 3 aromatic rings. The largest absolute Gasteiger partial charge is 0.495 e. The minimum atomic E-state index is -1.46. The molecule has 2 aliphatic rings. The standard InChI is InChI=1S/C30H30BrClFN5O4/c1-29(2,3)12-21-30(25-19(37-28(30)41)11-15(31)13-35-25)22(16-6-5-7-17(32)23(16)33)24(38-21)27(40)36-18-9-8-14(26(34)39)10-20(18)42-4/h5-11,13,21-22,24,38H,12H2,1-4H3,(H2,34,39)(H,36,40)(H,37,41). The van der Waals surface area contributed by atoms with E-state index in [1.54, 1.807) is 24.4 Å². The Morgan fingerprint density at radius 3 is 2.64 bits per heavy atom. The summed E-state index contributed by atoms with van der Waals surface area (Å²) in [6, 6.07) is 8.95. The maximum absolute atomic E-state index is 15.9. The van der Waals surface area contributed by atoms with Gasteiger partial charge in [-0.15, -0.1) is 0 Å². The van der Waals surface area contributed by atoms with Gasteiger partial charge in [-0.3, -0.25) is 19.4 Å². The number of carbonyl (C=O) groups is 3. The summed E-state index contributed by atoms with van der Waals surface area (Å²) in [6.07, 6.45) is 2.04. The van der Waals surface area contributed by atoms with Gasteiger partial charge in [0.25, 0.3) is 0 Å². The topological polar surface area (TPSA) is 135 Å². The Bertz CT molecular complexity index is 1610. The fourth-order valence-corrected chi connectivity index (χ4v) is 6.65. The van der Waals surface area contributed by atoms with E-state index < -0.39 is 47.0 Å². The SMILES string of the molecule is COc1cc(C(N)=O)ccc1NC(=O)C1NC(CC(C)(C)C)C2(C(=O)Nc3cc(Br)cnc32)C1c1cccc(Cl)c1F. The molecule has 3 amide bonds. The summed E-state index contributed by atoms with van der Waals surface area (Å²) in [6.45, 7) is 6.08. The molecule has 9 nitrogen and oxygen atoms in total. The third-order valence-electron chi connectivity index (χ3n) is 7.78. The van der Waals surface area contributed by atoms with Crippen LogP contribution in [0.25, 0.3) is 0 Å². The second-order valence-electron chi connectivity index (χ2n) is 11.7. The smallest absolute Gasteiger partial charge is 0.248 e. The molecule has 0 saturated carbocycles. The number of aromatic nitrogens is 1.